The molecule has 21 heavy (non-hydrogen) atoms. The standard InChI is InChI=1S/C19H40O2/c1-4-5-6-7-8-9-10-11-12-13-14-15-16-17-18(20)19(2,3)21/h18,20-21H,4-17H2,1-3H3. The van der Waals surface area contributed by atoms with Crippen molar-refractivity contribution in [1.82, 2.24) is 0 Å². The van der Waals surface area contributed by atoms with Crippen LogP contribution in [0.3, 0.4) is 0 Å². The van der Waals surface area contributed by atoms with Gasteiger partial charge >= 0.3 is 0 Å². The average molecular weight is 301 g/mol. The van der Waals surface area contributed by atoms with E-state index in [1.807, 2.05) is 0 Å². The predicted molar refractivity (Wildman–Crippen MR) is 92.6 cm³/mol. The maximum atomic E-state index is 9.71. The molecule has 0 amide bonds. The molecule has 0 fully saturated rings. The van der Waals surface area contributed by atoms with Crippen LogP contribution in [0.1, 0.15) is 111 Å². The third-order valence-electron chi connectivity index (χ3n) is 4.40. The monoisotopic (exact) mass is 300 g/mol. The van der Waals surface area contributed by atoms with Gasteiger partial charge in [0.25, 0.3) is 0 Å². The van der Waals surface area contributed by atoms with Crippen LogP contribution in [0.4, 0.5) is 0 Å². The van der Waals surface area contributed by atoms with Gasteiger partial charge in [-0.25, -0.2) is 0 Å². The Morgan fingerprint density at radius 2 is 1.00 bits per heavy atom. The Kier molecular flexibility index (Phi) is 13.5. The van der Waals surface area contributed by atoms with Crippen molar-refractivity contribution in [2.24, 2.45) is 0 Å². The first-order valence-electron chi connectivity index (χ1n) is 9.39. The molecule has 0 aliphatic carbocycles. The molecule has 2 heteroatoms. The second-order valence-corrected chi connectivity index (χ2v) is 7.20. The summed E-state index contributed by atoms with van der Waals surface area (Å²) in [5, 5.41) is 19.3. The highest BCUT2D eigenvalue weighted by Crippen LogP contribution is 2.17. The summed E-state index contributed by atoms with van der Waals surface area (Å²) in [5.74, 6) is 0. The van der Waals surface area contributed by atoms with Crippen LogP contribution in [0.2, 0.25) is 0 Å². The molecule has 1 atom stereocenters. The lowest BCUT2D eigenvalue weighted by Gasteiger charge is -2.24. The Morgan fingerprint density at radius 3 is 1.33 bits per heavy atom. The maximum Gasteiger partial charge on any atom is 0.0849 e. The Morgan fingerprint density at radius 1 is 0.667 bits per heavy atom. The lowest BCUT2D eigenvalue weighted by Crippen LogP contribution is -2.35. The van der Waals surface area contributed by atoms with Crippen LogP contribution in [0.25, 0.3) is 0 Å². The van der Waals surface area contributed by atoms with E-state index in [1.54, 1.807) is 13.8 Å². The van der Waals surface area contributed by atoms with Crippen LogP contribution < -0.4 is 0 Å². The van der Waals surface area contributed by atoms with Crippen LogP contribution in [-0.4, -0.2) is 21.9 Å². The average Bonchev–Trinajstić information content (AvgIpc) is 2.42. The van der Waals surface area contributed by atoms with Crippen molar-refractivity contribution in [2.45, 2.75) is 122 Å². The lowest BCUT2D eigenvalue weighted by molar-refractivity contribution is -0.0522. The topological polar surface area (TPSA) is 40.5 Å². The molecule has 0 rings (SSSR count). The number of unbranched alkanes of at least 4 members (excludes halogenated alkanes) is 12. The van der Waals surface area contributed by atoms with E-state index >= 15 is 0 Å². The van der Waals surface area contributed by atoms with Gasteiger partial charge in [0.05, 0.1) is 11.7 Å². The molecule has 2 nitrogen and oxygen atoms in total. The lowest BCUT2D eigenvalue weighted by atomic mass is 9.96. The molecule has 0 bridgehead atoms. The van der Waals surface area contributed by atoms with Crippen molar-refractivity contribution in [1.29, 1.82) is 0 Å². The second-order valence-electron chi connectivity index (χ2n) is 7.20. The summed E-state index contributed by atoms with van der Waals surface area (Å²) in [4.78, 5) is 0. The number of hydrogen-bond acceptors (Lipinski definition) is 2. The Balaban J connectivity index is 3.13. The SMILES string of the molecule is CCCCCCCCCCCCCCCC(O)C(C)(C)O. The molecule has 1 unspecified atom stereocenters. The molecule has 0 heterocycles. The number of rotatable bonds is 15. The van der Waals surface area contributed by atoms with Crippen molar-refractivity contribution < 1.29 is 10.2 Å². The summed E-state index contributed by atoms with van der Waals surface area (Å²) in [7, 11) is 0. The van der Waals surface area contributed by atoms with Crippen LogP contribution in [0, 0.1) is 0 Å². The molecular formula is C19H40O2. The molecule has 0 aromatic heterocycles. The fraction of sp³-hybridized carbons (Fsp3) is 1.00. The summed E-state index contributed by atoms with van der Waals surface area (Å²) < 4.78 is 0. The zero-order chi connectivity index (χ0) is 16.0. The van der Waals surface area contributed by atoms with Crippen LogP contribution in [0.5, 0.6) is 0 Å². The fourth-order valence-corrected chi connectivity index (χ4v) is 2.71. The van der Waals surface area contributed by atoms with Gasteiger partial charge in [-0.15, -0.1) is 0 Å². The molecule has 0 spiro atoms. The number of aliphatic hydroxyl groups is 2. The van der Waals surface area contributed by atoms with Crippen molar-refractivity contribution in [3.8, 4) is 0 Å². The summed E-state index contributed by atoms with van der Waals surface area (Å²) >= 11 is 0. The van der Waals surface area contributed by atoms with Gasteiger partial charge in [0, 0.05) is 0 Å². The van der Waals surface area contributed by atoms with Crippen molar-refractivity contribution in [2.75, 3.05) is 0 Å². The molecular weight excluding hydrogens is 260 g/mol. The minimum Gasteiger partial charge on any atom is -0.390 e. The molecule has 2 N–H and O–H groups in total. The zero-order valence-corrected chi connectivity index (χ0v) is 14.9. The van der Waals surface area contributed by atoms with Gasteiger partial charge in [0.1, 0.15) is 0 Å². The van der Waals surface area contributed by atoms with E-state index in [9.17, 15) is 10.2 Å². The Hall–Kier alpha value is -0.0800. The molecule has 0 aromatic rings. The zero-order valence-electron chi connectivity index (χ0n) is 14.9. The summed E-state index contributed by atoms with van der Waals surface area (Å²) in [6, 6.07) is 0. The van der Waals surface area contributed by atoms with Crippen molar-refractivity contribution in [3.63, 3.8) is 0 Å². The van der Waals surface area contributed by atoms with Gasteiger partial charge in [-0.05, 0) is 20.3 Å². The first kappa shape index (κ1) is 20.9. The Bertz CT molecular complexity index is 208. The fourth-order valence-electron chi connectivity index (χ4n) is 2.71. The first-order chi connectivity index (χ1) is 9.98. The smallest absolute Gasteiger partial charge is 0.0849 e. The molecule has 0 radical (unpaired) electrons. The Labute approximate surface area is 133 Å². The predicted octanol–water partition coefficient (Wildman–Crippen LogP) is 5.60. The number of aliphatic hydroxyl groups excluding tert-OH is 1. The quantitative estimate of drug-likeness (QED) is 0.386. The van der Waals surface area contributed by atoms with E-state index < -0.39 is 11.7 Å². The molecule has 0 aliphatic heterocycles. The van der Waals surface area contributed by atoms with Crippen LogP contribution >= 0.6 is 0 Å². The van der Waals surface area contributed by atoms with Crippen LogP contribution in [0.15, 0.2) is 0 Å². The van der Waals surface area contributed by atoms with E-state index in [4.69, 9.17) is 0 Å². The van der Waals surface area contributed by atoms with Gasteiger partial charge in [-0.2, -0.15) is 0 Å². The molecule has 0 saturated heterocycles. The molecule has 0 aromatic carbocycles. The normalized spacial score (nSPS) is 13.6. The van der Waals surface area contributed by atoms with Gasteiger partial charge in [0.15, 0.2) is 0 Å². The van der Waals surface area contributed by atoms with Crippen LogP contribution in [-0.2, 0) is 0 Å². The minimum atomic E-state index is -0.947. The highest BCUT2D eigenvalue weighted by Gasteiger charge is 2.23. The minimum absolute atomic E-state index is 0.579. The molecule has 128 valence electrons. The van der Waals surface area contributed by atoms with E-state index in [1.165, 1.54) is 77.0 Å². The van der Waals surface area contributed by atoms with Crippen molar-refractivity contribution >= 4 is 0 Å². The highest BCUT2D eigenvalue weighted by atomic mass is 16.3. The third-order valence-corrected chi connectivity index (χ3v) is 4.40. The number of hydrogen-bond donors (Lipinski definition) is 2. The summed E-state index contributed by atoms with van der Waals surface area (Å²) in [5.41, 5.74) is -0.947. The molecule has 0 aliphatic rings. The van der Waals surface area contributed by atoms with Gasteiger partial charge in [-0.1, -0.05) is 90.4 Å². The van der Waals surface area contributed by atoms with Crippen molar-refractivity contribution in [3.05, 3.63) is 0 Å². The van der Waals surface area contributed by atoms with E-state index in [0.717, 1.165) is 12.8 Å². The second kappa shape index (κ2) is 13.6. The van der Waals surface area contributed by atoms with E-state index in [-0.39, 0.29) is 0 Å². The first-order valence-corrected chi connectivity index (χ1v) is 9.39. The molecule has 0 saturated carbocycles. The third kappa shape index (κ3) is 14.6. The van der Waals surface area contributed by atoms with Gasteiger partial charge < -0.3 is 10.2 Å². The highest BCUT2D eigenvalue weighted by molar-refractivity contribution is 4.75. The maximum absolute atomic E-state index is 9.71. The van der Waals surface area contributed by atoms with E-state index in [0.29, 0.717) is 0 Å². The van der Waals surface area contributed by atoms with Gasteiger partial charge in [0.2, 0.25) is 0 Å². The summed E-state index contributed by atoms with van der Waals surface area (Å²) in [6.07, 6.45) is 17.6. The van der Waals surface area contributed by atoms with Gasteiger partial charge in [-0.3, -0.25) is 0 Å². The summed E-state index contributed by atoms with van der Waals surface area (Å²) in [6.45, 7) is 5.63. The largest absolute Gasteiger partial charge is 0.390 e. The van der Waals surface area contributed by atoms with E-state index in [2.05, 4.69) is 6.92 Å².